The fourth-order valence-electron chi connectivity index (χ4n) is 0.720. The molecule has 62 valence electrons. The Morgan fingerprint density at radius 2 is 2.09 bits per heavy atom. The first-order chi connectivity index (χ1) is 4.99. The Morgan fingerprint density at radius 1 is 1.64 bits per heavy atom. The molecule has 0 spiro atoms. The minimum Gasteiger partial charge on any atom is -0.358 e. The van der Waals surface area contributed by atoms with E-state index in [0.717, 1.165) is 5.57 Å². The lowest BCUT2D eigenvalue weighted by Crippen LogP contribution is -2.35. The summed E-state index contributed by atoms with van der Waals surface area (Å²) in [6.45, 7) is 10.9. The van der Waals surface area contributed by atoms with Crippen molar-refractivity contribution in [2.45, 2.75) is 13.8 Å². The van der Waals surface area contributed by atoms with Crippen LogP contribution in [0.3, 0.4) is 0 Å². The zero-order valence-corrected chi connectivity index (χ0v) is 7.40. The minimum absolute atomic E-state index is 0.0694. The Labute approximate surface area is 68.0 Å². The van der Waals surface area contributed by atoms with E-state index in [9.17, 15) is 4.79 Å². The summed E-state index contributed by atoms with van der Waals surface area (Å²) in [7, 11) is 1.60. The lowest BCUT2D eigenvalue weighted by Gasteiger charge is -2.23. The molecule has 0 saturated carbocycles. The van der Waals surface area contributed by atoms with E-state index in [2.05, 4.69) is 18.5 Å². The van der Waals surface area contributed by atoms with Crippen LogP contribution >= 0.6 is 0 Å². The summed E-state index contributed by atoms with van der Waals surface area (Å²) in [6.07, 6.45) is 1.61. The highest BCUT2D eigenvalue weighted by Gasteiger charge is 2.29. The number of nitrogens with one attached hydrogen (secondary N) is 1. The summed E-state index contributed by atoms with van der Waals surface area (Å²) in [4.78, 5) is 11.3. The fraction of sp³-hybridized carbons (Fsp3) is 0.444. The molecule has 0 fully saturated rings. The van der Waals surface area contributed by atoms with Crippen molar-refractivity contribution in [3.05, 3.63) is 24.8 Å². The van der Waals surface area contributed by atoms with Gasteiger partial charge in [0.05, 0.1) is 5.41 Å². The van der Waals surface area contributed by atoms with E-state index in [4.69, 9.17) is 0 Å². The van der Waals surface area contributed by atoms with E-state index < -0.39 is 5.41 Å². The van der Waals surface area contributed by atoms with Gasteiger partial charge in [0.1, 0.15) is 0 Å². The minimum atomic E-state index is -0.630. The molecule has 0 aliphatic carbocycles. The van der Waals surface area contributed by atoms with Crippen LogP contribution in [0.1, 0.15) is 13.8 Å². The average Bonchev–Trinajstić information content (AvgIpc) is 2.01. The molecule has 0 bridgehead atoms. The fourth-order valence-corrected chi connectivity index (χ4v) is 0.720. The van der Waals surface area contributed by atoms with Crippen molar-refractivity contribution >= 4 is 5.91 Å². The van der Waals surface area contributed by atoms with Crippen molar-refractivity contribution in [3.8, 4) is 0 Å². The molecule has 0 aliphatic rings. The number of carbonyl (C=O) groups is 1. The van der Waals surface area contributed by atoms with Crippen molar-refractivity contribution < 1.29 is 4.79 Å². The summed E-state index contributed by atoms with van der Waals surface area (Å²) in [5.74, 6) is -0.0694. The smallest absolute Gasteiger partial charge is 0.233 e. The number of amides is 1. The van der Waals surface area contributed by atoms with Gasteiger partial charge in [-0.3, -0.25) is 4.79 Å². The van der Waals surface area contributed by atoms with Crippen molar-refractivity contribution in [1.29, 1.82) is 0 Å². The number of carbonyl (C=O) groups excluding carboxylic acids is 1. The van der Waals surface area contributed by atoms with Crippen LogP contribution in [0, 0.1) is 5.41 Å². The Balaban J connectivity index is 4.74. The van der Waals surface area contributed by atoms with Crippen LogP contribution in [0.25, 0.3) is 0 Å². The van der Waals surface area contributed by atoms with Gasteiger partial charge in [-0.1, -0.05) is 18.2 Å². The maximum Gasteiger partial charge on any atom is 0.233 e. The summed E-state index contributed by atoms with van der Waals surface area (Å²) in [5.41, 5.74) is 0.168. The Kier molecular flexibility index (Phi) is 3.05. The van der Waals surface area contributed by atoms with Crippen LogP contribution in [-0.2, 0) is 4.79 Å². The molecule has 0 aromatic rings. The number of rotatable bonds is 3. The van der Waals surface area contributed by atoms with Crippen LogP contribution in [0.2, 0.25) is 0 Å². The second kappa shape index (κ2) is 3.37. The summed E-state index contributed by atoms with van der Waals surface area (Å²) < 4.78 is 0. The third-order valence-electron chi connectivity index (χ3n) is 1.99. The second-order valence-corrected chi connectivity index (χ2v) is 2.77. The van der Waals surface area contributed by atoms with Gasteiger partial charge in [0, 0.05) is 7.05 Å². The second-order valence-electron chi connectivity index (χ2n) is 2.77. The van der Waals surface area contributed by atoms with Gasteiger partial charge in [0.2, 0.25) is 5.91 Å². The molecule has 0 heterocycles. The van der Waals surface area contributed by atoms with Crippen molar-refractivity contribution in [3.63, 3.8) is 0 Å². The van der Waals surface area contributed by atoms with Crippen molar-refractivity contribution in [1.82, 2.24) is 5.32 Å². The maximum atomic E-state index is 11.3. The van der Waals surface area contributed by atoms with Crippen LogP contribution < -0.4 is 5.32 Å². The highest BCUT2D eigenvalue weighted by atomic mass is 16.2. The van der Waals surface area contributed by atoms with Gasteiger partial charge in [-0.2, -0.15) is 0 Å². The topological polar surface area (TPSA) is 29.1 Å². The molecule has 2 heteroatoms. The number of hydrogen-bond donors (Lipinski definition) is 1. The molecule has 2 nitrogen and oxygen atoms in total. The standard InChI is InChI=1S/C9H15NO/c1-6-9(4,7(2)3)8(11)10-5/h6H,1-2H2,3-5H3,(H,10,11)/t9-/m1/s1. The molecule has 0 rings (SSSR count). The van der Waals surface area contributed by atoms with E-state index in [1.165, 1.54) is 0 Å². The van der Waals surface area contributed by atoms with Crippen molar-refractivity contribution in [2.75, 3.05) is 7.05 Å². The molecule has 0 aliphatic heterocycles. The third kappa shape index (κ3) is 1.70. The molecule has 0 radical (unpaired) electrons. The quantitative estimate of drug-likeness (QED) is 0.612. The van der Waals surface area contributed by atoms with E-state index in [0.29, 0.717) is 0 Å². The Bertz CT molecular complexity index is 196. The van der Waals surface area contributed by atoms with Crippen LogP contribution in [0.15, 0.2) is 24.8 Å². The monoisotopic (exact) mass is 153 g/mol. The zero-order chi connectivity index (χ0) is 9.07. The first-order valence-electron chi connectivity index (χ1n) is 3.50. The van der Waals surface area contributed by atoms with Crippen LogP contribution in [0.4, 0.5) is 0 Å². The summed E-state index contributed by atoms with van der Waals surface area (Å²) in [5, 5.41) is 2.57. The zero-order valence-electron chi connectivity index (χ0n) is 7.40. The molecular formula is C9H15NO. The van der Waals surface area contributed by atoms with Crippen LogP contribution in [0.5, 0.6) is 0 Å². The van der Waals surface area contributed by atoms with E-state index in [-0.39, 0.29) is 5.91 Å². The van der Waals surface area contributed by atoms with Gasteiger partial charge < -0.3 is 5.32 Å². The van der Waals surface area contributed by atoms with Gasteiger partial charge in [-0.15, -0.1) is 6.58 Å². The predicted octanol–water partition coefficient (Wildman–Crippen LogP) is 1.50. The van der Waals surface area contributed by atoms with Crippen LogP contribution in [-0.4, -0.2) is 13.0 Å². The third-order valence-corrected chi connectivity index (χ3v) is 1.99. The largest absolute Gasteiger partial charge is 0.358 e. The lowest BCUT2D eigenvalue weighted by atomic mass is 9.83. The van der Waals surface area contributed by atoms with Gasteiger partial charge >= 0.3 is 0 Å². The molecule has 11 heavy (non-hydrogen) atoms. The summed E-state index contributed by atoms with van der Waals surface area (Å²) >= 11 is 0. The normalized spacial score (nSPS) is 14.8. The molecule has 0 aromatic carbocycles. The van der Waals surface area contributed by atoms with E-state index in [1.54, 1.807) is 20.0 Å². The molecular weight excluding hydrogens is 138 g/mol. The SMILES string of the molecule is C=C[C@](C)(C(=C)C)C(=O)NC. The lowest BCUT2D eigenvalue weighted by molar-refractivity contribution is -0.125. The van der Waals surface area contributed by atoms with E-state index >= 15 is 0 Å². The summed E-state index contributed by atoms with van der Waals surface area (Å²) in [6, 6.07) is 0. The van der Waals surface area contributed by atoms with Gasteiger partial charge in [0.25, 0.3) is 0 Å². The molecule has 1 atom stereocenters. The molecule has 1 amide bonds. The maximum absolute atomic E-state index is 11.3. The molecule has 0 unspecified atom stereocenters. The number of hydrogen-bond acceptors (Lipinski definition) is 1. The first-order valence-corrected chi connectivity index (χ1v) is 3.50. The average molecular weight is 153 g/mol. The van der Waals surface area contributed by atoms with Gasteiger partial charge in [0.15, 0.2) is 0 Å². The molecule has 0 saturated heterocycles. The Hall–Kier alpha value is -1.05. The Morgan fingerprint density at radius 3 is 2.18 bits per heavy atom. The molecule has 0 aromatic heterocycles. The molecule has 1 N–H and O–H groups in total. The van der Waals surface area contributed by atoms with Gasteiger partial charge in [-0.25, -0.2) is 0 Å². The van der Waals surface area contributed by atoms with Gasteiger partial charge in [-0.05, 0) is 13.8 Å². The highest BCUT2D eigenvalue weighted by molar-refractivity contribution is 5.86. The van der Waals surface area contributed by atoms with E-state index in [1.807, 2.05) is 6.92 Å². The first kappa shape index (κ1) is 9.95. The highest BCUT2D eigenvalue weighted by Crippen LogP contribution is 2.26. The predicted molar refractivity (Wildman–Crippen MR) is 47.2 cm³/mol. The van der Waals surface area contributed by atoms with Crippen molar-refractivity contribution in [2.24, 2.45) is 5.41 Å².